The number of anilines is 3. The van der Waals surface area contributed by atoms with E-state index in [-0.39, 0.29) is 22.3 Å². The van der Waals surface area contributed by atoms with Crippen molar-refractivity contribution in [3.63, 3.8) is 0 Å². The van der Waals surface area contributed by atoms with Crippen molar-refractivity contribution in [1.82, 2.24) is 0 Å². The molecule has 0 atom stereocenters. The van der Waals surface area contributed by atoms with Gasteiger partial charge in [-0.15, -0.1) is 0 Å². The van der Waals surface area contributed by atoms with Crippen LogP contribution in [0.15, 0.2) is 95.7 Å². The summed E-state index contributed by atoms with van der Waals surface area (Å²) in [6.45, 7) is 0. The molecule has 3 amide bonds. The monoisotopic (exact) mass is 527 g/mol. The summed E-state index contributed by atoms with van der Waals surface area (Å²) in [5.74, 6) is -0.983. The van der Waals surface area contributed by atoms with Crippen LogP contribution in [0.1, 0.15) is 10.4 Å². The number of hydrogen-bond acceptors (Lipinski definition) is 6. The lowest BCUT2D eigenvalue weighted by atomic mass is 10.1. The largest absolute Gasteiger partial charge is 0.497 e. The topological polar surface area (TPSA) is 97.0 Å². The zero-order valence-corrected chi connectivity index (χ0v) is 21.2. The Bertz CT molecular complexity index is 1630. The molecule has 8 nitrogen and oxygen atoms in total. The Hall–Kier alpha value is -4.82. The van der Waals surface area contributed by atoms with E-state index >= 15 is 0 Å². The molecule has 0 radical (unpaired) electrons. The van der Waals surface area contributed by atoms with E-state index < -0.39 is 11.8 Å². The molecule has 1 aliphatic heterocycles. The molecule has 0 aliphatic carbocycles. The predicted octanol–water partition coefficient (Wildman–Crippen LogP) is 5.55. The number of benzene rings is 4. The molecule has 38 heavy (non-hydrogen) atoms. The smallest absolute Gasteiger partial charge is 0.283 e. The van der Waals surface area contributed by atoms with Crippen LogP contribution in [-0.4, -0.2) is 31.9 Å². The van der Waals surface area contributed by atoms with Gasteiger partial charge in [0, 0.05) is 28.4 Å². The molecular weight excluding hydrogens is 506 g/mol. The van der Waals surface area contributed by atoms with E-state index in [0.29, 0.717) is 28.4 Å². The third-order valence-electron chi connectivity index (χ3n) is 6.09. The Morgan fingerprint density at radius 2 is 1.61 bits per heavy atom. The van der Waals surface area contributed by atoms with Crippen LogP contribution in [0.3, 0.4) is 0 Å². The van der Waals surface area contributed by atoms with Crippen LogP contribution in [-0.2, 0) is 9.59 Å². The normalized spacial score (nSPS) is 13.2. The van der Waals surface area contributed by atoms with E-state index in [9.17, 15) is 14.4 Å². The van der Waals surface area contributed by atoms with Gasteiger partial charge in [0.25, 0.3) is 17.7 Å². The van der Waals surface area contributed by atoms with Crippen LogP contribution in [0.25, 0.3) is 10.8 Å². The fourth-order valence-corrected chi connectivity index (χ4v) is 4.43. The number of nitrogens with zero attached hydrogens (tertiary/aromatic N) is 1. The van der Waals surface area contributed by atoms with Gasteiger partial charge in [0.15, 0.2) is 0 Å². The van der Waals surface area contributed by atoms with Crippen LogP contribution < -0.4 is 25.0 Å². The molecule has 0 unspecified atom stereocenters. The molecule has 0 bridgehead atoms. The minimum absolute atomic E-state index is 0.117. The quantitative estimate of drug-likeness (QED) is 0.306. The average Bonchev–Trinajstić information content (AvgIpc) is 3.15. The summed E-state index contributed by atoms with van der Waals surface area (Å²) in [5.41, 5.74) is 1.51. The van der Waals surface area contributed by atoms with Gasteiger partial charge >= 0.3 is 0 Å². The van der Waals surface area contributed by atoms with Crippen molar-refractivity contribution in [3.05, 3.63) is 101 Å². The molecule has 4 aromatic rings. The van der Waals surface area contributed by atoms with Gasteiger partial charge in [-0.05, 0) is 41.8 Å². The van der Waals surface area contributed by atoms with E-state index in [2.05, 4.69) is 10.6 Å². The number of imide groups is 1. The van der Waals surface area contributed by atoms with E-state index in [1.165, 1.54) is 20.3 Å². The predicted molar refractivity (Wildman–Crippen MR) is 147 cm³/mol. The lowest BCUT2D eigenvalue weighted by Gasteiger charge is -2.19. The number of nitrogens with one attached hydrogen (secondary N) is 2. The molecule has 1 aliphatic rings. The molecule has 0 fully saturated rings. The van der Waals surface area contributed by atoms with Crippen LogP contribution in [0.5, 0.6) is 11.5 Å². The second-order valence-electron chi connectivity index (χ2n) is 8.36. The zero-order valence-electron chi connectivity index (χ0n) is 20.4. The minimum atomic E-state index is -0.712. The van der Waals surface area contributed by atoms with E-state index in [1.54, 1.807) is 36.4 Å². The van der Waals surface area contributed by atoms with Crippen molar-refractivity contribution in [3.8, 4) is 11.5 Å². The fourth-order valence-electron chi connectivity index (χ4n) is 4.21. The third kappa shape index (κ3) is 4.53. The Morgan fingerprint density at radius 1 is 0.842 bits per heavy atom. The highest BCUT2D eigenvalue weighted by Gasteiger charge is 2.40. The average molecular weight is 528 g/mol. The second-order valence-corrected chi connectivity index (χ2v) is 8.74. The van der Waals surface area contributed by atoms with Crippen molar-refractivity contribution in [1.29, 1.82) is 0 Å². The van der Waals surface area contributed by atoms with Crippen LogP contribution in [0, 0.1) is 0 Å². The molecule has 1 heterocycles. The zero-order chi connectivity index (χ0) is 26.8. The number of carbonyl (C=O) groups is 3. The summed E-state index contributed by atoms with van der Waals surface area (Å²) in [6, 6.07) is 24.7. The van der Waals surface area contributed by atoms with E-state index in [4.69, 9.17) is 21.1 Å². The highest BCUT2D eigenvalue weighted by molar-refractivity contribution is 6.53. The highest BCUT2D eigenvalue weighted by Crippen LogP contribution is 2.38. The van der Waals surface area contributed by atoms with Gasteiger partial charge in [-0.1, -0.05) is 54.1 Å². The van der Waals surface area contributed by atoms with Crippen molar-refractivity contribution >= 4 is 57.2 Å². The van der Waals surface area contributed by atoms with Gasteiger partial charge in [-0.2, -0.15) is 0 Å². The first kappa shape index (κ1) is 24.9. The van der Waals surface area contributed by atoms with Crippen molar-refractivity contribution in [2.45, 2.75) is 0 Å². The maximum atomic E-state index is 13.3. The number of hydrogen-bond donors (Lipinski definition) is 2. The molecule has 0 aromatic heterocycles. The summed E-state index contributed by atoms with van der Waals surface area (Å²) >= 11 is 6.31. The first-order valence-electron chi connectivity index (χ1n) is 11.6. The maximum Gasteiger partial charge on any atom is 0.283 e. The van der Waals surface area contributed by atoms with Gasteiger partial charge in [-0.3, -0.25) is 14.4 Å². The van der Waals surface area contributed by atoms with Gasteiger partial charge < -0.3 is 20.1 Å². The van der Waals surface area contributed by atoms with E-state index in [0.717, 1.165) is 15.7 Å². The summed E-state index contributed by atoms with van der Waals surface area (Å²) in [5, 5.41) is 7.48. The van der Waals surface area contributed by atoms with Gasteiger partial charge in [0.05, 0.1) is 19.9 Å². The Balaban J connectivity index is 1.39. The van der Waals surface area contributed by atoms with Crippen LogP contribution in [0.2, 0.25) is 0 Å². The minimum Gasteiger partial charge on any atom is -0.497 e. The fraction of sp³-hybridized carbons (Fsp3) is 0.0690. The molecular formula is C29H22ClN3O5. The Morgan fingerprint density at radius 3 is 2.39 bits per heavy atom. The molecule has 190 valence electrons. The summed E-state index contributed by atoms with van der Waals surface area (Å²) < 4.78 is 10.6. The summed E-state index contributed by atoms with van der Waals surface area (Å²) in [6.07, 6.45) is 0. The molecule has 0 spiro atoms. The number of fused-ring (bicyclic) bond motifs is 1. The number of halogens is 1. The third-order valence-corrected chi connectivity index (χ3v) is 6.44. The molecule has 0 saturated heterocycles. The number of amides is 3. The molecule has 5 rings (SSSR count). The van der Waals surface area contributed by atoms with E-state index in [1.807, 2.05) is 42.5 Å². The van der Waals surface area contributed by atoms with Crippen molar-refractivity contribution in [2.24, 2.45) is 0 Å². The summed E-state index contributed by atoms with van der Waals surface area (Å²) in [7, 11) is 2.90. The van der Waals surface area contributed by atoms with Gasteiger partial charge in [0.1, 0.15) is 22.2 Å². The highest BCUT2D eigenvalue weighted by atomic mass is 35.5. The number of rotatable bonds is 7. The standard InChI is InChI=1S/C29H22ClN3O5/c1-37-20-13-14-24(38-2)23(16-20)33-28(35)25(30)26(29(33)36)31-19-10-5-9-18(15-19)27(34)32-22-12-6-8-17-7-3-4-11-21(17)22/h3-16,31H,1-2H3,(H,32,34). The molecule has 9 heteroatoms. The molecule has 2 N–H and O–H groups in total. The van der Waals surface area contributed by atoms with Crippen LogP contribution >= 0.6 is 11.6 Å². The lowest BCUT2D eigenvalue weighted by molar-refractivity contribution is -0.120. The Kier molecular flexibility index (Phi) is 6.72. The number of methoxy groups -OCH3 is 2. The summed E-state index contributed by atoms with van der Waals surface area (Å²) in [4.78, 5) is 40.3. The van der Waals surface area contributed by atoms with Gasteiger partial charge in [-0.25, -0.2) is 4.90 Å². The Labute approximate surface area is 223 Å². The van der Waals surface area contributed by atoms with Crippen molar-refractivity contribution < 1.29 is 23.9 Å². The number of carbonyl (C=O) groups excluding carboxylic acids is 3. The molecule has 4 aromatic carbocycles. The van der Waals surface area contributed by atoms with Gasteiger partial charge in [0.2, 0.25) is 0 Å². The second kappa shape index (κ2) is 10.3. The SMILES string of the molecule is COc1ccc(OC)c(N2C(=O)C(Cl)=C(Nc3cccc(C(=O)Nc4cccc5ccccc45)c3)C2=O)c1. The first-order chi connectivity index (χ1) is 18.4. The van der Waals surface area contributed by atoms with Crippen LogP contribution in [0.4, 0.5) is 17.1 Å². The molecule has 0 saturated carbocycles. The lowest BCUT2D eigenvalue weighted by Crippen LogP contribution is -2.32. The number of ether oxygens (including phenoxy) is 2. The first-order valence-corrected chi connectivity index (χ1v) is 12.0. The maximum absolute atomic E-state index is 13.3. The van der Waals surface area contributed by atoms with Crippen molar-refractivity contribution in [2.75, 3.05) is 29.8 Å².